The molecule has 0 fully saturated rings. The Morgan fingerprint density at radius 1 is 1.69 bits per heavy atom. The quantitative estimate of drug-likeness (QED) is 0.592. The molecule has 0 saturated heterocycles. The third-order valence-corrected chi connectivity index (χ3v) is 2.33. The van der Waals surface area contributed by atoms with E-state index in [1.807, 2.05) is 25.3 Å². The third-order valence-electron chi connectivity index (χ3n) is 1.56. The highest BCUT2D eigenvalue weighted by Gasteiger charge is 2.01. The summed E-state index contributed by atoms with van der Waals surface area (Å²) < 4.78 is 0. The average Bonchev–Trinajstić information content (AvgIpc) is 2.54. The summed E-state index contributed by atoms with van der Waals surface area (Å²) in [4.78, 5) is 4.37. The number of nitrogens with one attached hydrogen (secondary N) is 1. The van der Waals surface area contributed by atoms with Gasteiger partial charge >= 0.3 is 0 Å². The van der Waals surface area contributed by atoms with Crippen LogP contribution in [0, 0.1) is 6.92 Å². The third kappa shape index (κ3) is 2.66. The van der Waals surface area contributed by atoms with Crippen LogP contribution in [0.15, 0.2) is 16.6 Å². The normalized spacial score (nSPS) is 12.4. The zero-order valence-corrected chi connectivity index (χ0v) is 8.85. The molecule has 0 aromatic carbocycles. The van der Waals surface area contributed by atoms with Crippen molar-refractivity contribution in [1.29, 1.82) is 0 Å². The number of aryl methyl sites for hydroxylation is 1. The predicted molar refractivity (Wildman–Crippen MR) is 58.1 cm³/mol. The van der Waals surface area contributed by atoms with Crippen LogP contribution < -0.4 is 5.43 Å². The topological polar surface area (TPSA) is 37.3 Å². The Labute approximate surface area is 82.2 Å². The van der Waals surface area contributed by atoms with Gasteiger partial charge in [-0.05, 0) is 13.8 Å². The predicted octanol–water partition coefficient (Wildman–Crippen LogP) is 2.06. The van der Waals surface area contributed by atoms with Gasteiger partial charge in [0.05, 0.1) is 16.9 Å². The Morgan fingerprint density at radius 3 is 2.92 bits per heavy atom. The number of thiazole rings is 1. The smallest absolute Gasteiger partial charge is 0.0901 e. The van der Waals surface area contributed by atoms with Crippen LogP contribution in [0.3, 0.4) is 0 Å². The van der Waals surface area contributed by atoms with Gasteiger partial charge in [-0.2, -0.15) is 5.10 Å². The van der Waals surface area contributed by atoms with E-state index in [4.69, 9.17) is 0 Å². The molecule has 1 aromatic rings. The van der Waals surface area contributed by atoms with Crippen LogP contribution in [0.4, 0.5) is 0 Å². The van der Waals surface area contributed by atoms with Gasteiger partial charge < -0.3 is 5.43 Å². The molecule has 1 heterocycles. The van der Waals surface area contributed by atoms with Gasteiger partial charge in [0.1, 0.15) is 0 Å². The zero-order valence-electron chi connectivity index (χ0n) is 8.03. The first-order valence-corrected chi connectivity index (χ1v) is 4.94. The minimum absolute atomic E-state index is 0.990. The molecule has 1 N–H and O–H groups in total. The number of nitrogens with zero attached hydrogens (tertiary/aromatic N) is 2. The Morgan fingerprint density at radius 2 is 2.46 bits per heavy atom. The minimum Gasteiger partial charge on any atom is -0.313 e. The maximum absolute atomic E-state index is 4.37. The molecular formula is C9H13N3S. The summed E-state index contributed by atoms with van der Waals surface area (Å²) in [6.07, 6.45) is 3.77. The fourth-order valence-corrected chi connectivity index (χ4v) is 1.54. The van der Waals surface area contributed by atoms with E-state index in [1.165, 1.54) is 0 Å². The van der Waals surface area contributed by atoms with Gasteiger partial charge in [0, 0.05) is 18.0 Å². The van der Waals surface area contributed by atoms with Gasteiger partial charge in [-0.25, -0.2) is 4.98 Å². The summed E-state index contributed by atoms with van der Waals surface area (Å²) in [5, 5.41) is 7.06. The molecule has 0 atom stereocenters. The number of rotatable bonds is 3. The van der Waals surface area contributed by atoms with Gasteiger partial charge in [0.25, 0.3) is 0 Å². The number of hydrazone groups is 1. The molecule has 13 heavy (non-hydrogen) atoms. The van der Waals surface area contributed by atoms with Crippen LogP contribution in [0.25, 0.3) is 5.57 Å². The lowest BCUT2D eigenvalue weighted by Crippen LogP contribution is -1.95. The van der Waals surface area contributed by atoms with Crippen LogP contribution in [0.1, 0.15) is 17.6 Å². The fraction of sp³-hybridized carbons (Fsp3) is 0.333. The Balaban J connectivity index is 2.86. The largest absolute Gasteiger partial charge is 0.313 e. The average molecular weight is 195 g/mol. The highest BCUT2D eigenvalue weighted by atomic mass is 32.1. The SMILES string of the molecule is C/C=C(\C=N/NC)c1csc(C)n1. The van der Waals surface area contributed by atoms with Crippen LogP contribution in [0.5, 0.6) is 0 Å². The summed E-state index contributed by atoms with van der Waals surface area (Å²) in [6.45, 7) is 3.97. The van der Waals surface area contributed by atoms with Gasteiger partial charge in [0.2, 0.25) is 0 Å². The molecule has 0 bridgehead atoms. The second kappa shape index (κ2) is 4.77. The molecule has 1 aromatic heterocycles. The minimum atomic E-state index is 0.990. The molecule has 0 spiro atoms. The van der Waals surface area contributed by atoms with E-state index >= 15 is 0 Å². The lowest BCUT2D eigenvalue weighted by molar-refractivity contribution is 0.909. The summed E-state index contributed by atoms with van der Waals surface area (Å²) >= 11 is 1.65. The zero-order chi connectivity index (χ0) is 9.68. The standard InChI is InChI=1S/C9H13N3S/c1-4-8(5-11-10-3)9-6-13-7(2)12-9/h4-6,10H,1-3H3/b8-4+,11-5-. The monoisotopic (exact) mass is 195 g/mol. The van der Waals surface area contributed by atoms with Crippen molar-refractivity contribution >= 4 is 23.1 Å². The number of hydrogen-bond acceptors (Lipinski definition) is 4. The highest BCUT2D eigenvalue weighted by molar-refractivity contribution is 7.09. The molecule has 0 aliphatic carbocycles. The summed E-state index contributed by atoms with van der Waals surface area (Å²) in [7, 11) is 1.77. The second-order valence-electron chi connectivity index (χ2n) is 2.48. The Hall–Kier alpha value is -1.16. The highest BCUT2D eigenvalue weighted by Crippen LogP contribution is 2.15. The van der Waals surface area contributed by atoms with Gasteiger partial charge in [-0.1, -0.05) is 6.08 Å². The molecule has 70 valence electrons. The fourth-order valence-electron chi connectivity index (χ4n) is 0.919. The first-order chi connectivity index (χ1) is 6.27. The van der Waals surface area contributed by atoms with E-state index in [9.17, 15) is 0 Å². The first kappa shape index (κ1) is 9.92. The van der Waals surface area contributed by atoms with Gasteiger partial charge in [-0.15, -0.1) is 11.3 Å². The number of allylic oxidation sites excluding steroid dienone is 2. The summed E-state index contributed by atoms with van der Waals surface area (Å²) in [5.41, 5.74) is 4.74. The number of aromatic nitrogens is 1. The Bertz CT molecular complexity index is 325. The van der Waals surface area contributed by atoms with Crippen molar-refractivity contribution < 1.29 is 0 Å². The van der Waals surface area contributed by atoms with E-state index in [2.05, 4.69) is 15.5 Å². The van der Waals surface area contributed by atoms with E-state index in [0.29, 0.717) is 0 Å². The molecule has 0 amide bonds. The Kier molecular flexibility index (Phi) is 3.64. The van der Waals surface area contributed by atoms with E-state index in [1.54, 1.807) is 24.6 Å². The van der Waals surface area contributed by atoms with Crippen molar-refractivity contribution in [3.8, 4) is 0 Å². The van der Waals surface area contributed by atoms with Gasteiger partial charge in [0.15, 0.2) is 0 Å². The van der Waals surface area contributed by atoms with Crippen molar-refractivity contribution in [2.24, 2.45) is 5.10 Å². The molecule has 0 radical (unpaired) electrons. The maximum atomic E-state index is 4.37. The first-order valence-electron chi connectivity index (χ1n) is 4.06. The van der Waals surface area contributed by atoms with Crippen LogP contribution in [-0.4, -0.2) is 18.2 Å². The lowest BCUT2D eigenvalue weighted by atomic mass is 10.2. The van der Waals surface area contributed by atoms with Crippen LogP contribution in [0.2, 0.25) is 0 Å². The molecule has 0 saturated carbocycles. The van der Waals surface area contributed by atoms with Crippen molar-refractivity contribution in [1.82, 2.24) is 10.4 Å². The lowest BCUT2D eigenvalue weighted by Gasteiger charge is -1.94. The molecule has 0 unspecified atom stereocenters. The van der Waals surface area contributed by atoms with E-state index < -0.39 is 0 Å². The van der Waals surface area contributed by atoms with Crippen LogP contribution in [-0.2, 0) is 0 Å². The molecule has 1 rings (SSSR count). The molecule has 0 aliphatic heterocycles. The summed E-state index contributed by atoms with van der Waals surface area (Å²) in [5.74, 6) is 0. The van der Waals surface area contributed by atoms with Crippen molar-refractivity contribution in [3.05, 3.63) is 22.2 Å². The van der Waals surface area contributed by atoms with Crippen molar-refractivity contribution in [2.45, 2.75) is 13.8 Å². The van der Waals surface area contributed by atoms with E-state index in [-0.39, 0.29) is 0 Å². The van der Waals surface area contributed by atoms with Gasteiger partial charge in [-0.3, -0.25) is 0 Å². The molecule has 4 heteroatoms. The maximum Gasteiger partial charge on any atom is 0.0901 e. The molecular weight excluding hydrogens is 182 g/mol. The van der Waals surface area contributed by atoms with E-state index in [0.717, 1.165) is 16.3 Å². The van der Waals surface area contributed by atoms with Crippen molar-refractivity contribution in [2.75, 3.05) is 7.05 Å². The van der Waals surface area contributed by atoms with Crippen LogP contribution >= 0.6 is 11.3 Å². The number of hydrogen-bond donors (Lipinski definition) is 1. The second-order valence-corrected chi connectivity index (χ2v) is 3.54. The summed E-state index contributed by atoms with van der Waals surface area (Å²) in [6, 6.07) is 0. The molecule has 3 nitrogen and oxygen atoms in total. The molecule has 0 aliphatic rings. The van der Waals surface area contributed by atoms with Crippen molar-refractivity contribution in [3.63, 3.8) is 0 Å².